The topological polar surface area (TPSA) is 49.3 Å². The van der Waals surface area contributed by atoms with Gasteiger partial charge in [0.25, 0.3) is 5.91 Å². The molecular formula is C12H15Br2NO2. The van der Waals surface area contributed by atoms with Crippen molar-refractivity contribution >= 4 is 37.8 Å². The van der Waals surface area contributed by atoms with E-state index in [0.717, 1.165) is 8.95 Å². The van der Waals surface area contributed by atoms with Crippen LogP contribution in [0.15, 0.2) is 27.1 Å². The number of rotatable bonds is 4. The fourth-order valence-electron chi connectivity index (χ4n) is 1.26. The quantitative estimate of drug-likeness (QED) is 0.862. The molecule has 1 aromatic rings. The van der Waals surface area contributed by atoms with Gasteiger partial charge in [0, 0.05) is 21.6 Å². The van der Waals surface area contributed by atoms with E-state index in [1.807, 2.05) is 26.0 Å². The largest absolute Gasteiger partial charge is 0.396 e. The zero-order valence-corrected chi connectivity index (χ0v) is 12.9. The Balaban J connectivity index is 2.79. The van der Waals surface area contributed by atoms with E-state index >= 15 is 0 Å². The minimum absolute atomic E-state index is 0.0323. The number of benzene rings is 1. The number of hydrogen-bond donors (Lipinski definition) is 2. The van der Waals surface area contributed by atoms with Gasteiger partial charge in [-0.15, -0.1) is 0 Å². The van der Waals surface area contributed by atoms with Crippen LogP contribution in [0.4, 0.5) is 0 Å². The lowest BCUT2D eigenvalue weighted by molar-refractivity contribution is 0.0915. The smallest absolute Gasteiger partial charge is 0.252 e. The first kappa shape index (κ1) is 14.7. The van der Waals surface area contributed by atoms with E-state index in [2.05, 4.69) is 37.2 Å². The Kier molecular flexibility index (Phi) is 5.62. The van der Waals surface area contributed by atoms with Crippen LogP contribution in [0.3, 0.4) is 0 Å². The Bertz CT molecular complexity index is 409. The Morgan fingerprint density at radius 3 is 2.65 bits per heavy atom. The van der Waals surface area contributed by atoms with Gasteiger partial charge in [-0.2, -0.15) is 0 Å². The molecule has 94 valence electrons. The summed E-state index contributed by atoms with van der Waals surface area (Å²) in [6.45, 7) is 3.83. The first-order valence-electron chi connectivity index (χ1n) is 5.32. The number of aliphatic hydroxyl groups excluding tert-OH is 1. The van der Waals surface area contributed by atoms with Gasteiger partial charge in [0.05, 0.1) is 5.56 Å². The third kappa shape index (κ3) is 4.08. The van der Waals surface area contributed by atoms with Crippen LogP contribution in [-0.2, 0) is 0 Å². The number of halogens is 2. The highest BCUT2D eigenvalue weighted by atomic mass is 79.9. The van der Waals surface area contributed by atoms with Gasteiger partial charge >= 0.3 is 0 Å². The molecule has 2 unspecified atom stereocenters. The molecule has 0 bridgehead atoms. The minimum atomic E-state index is -0.147. The summed E-state index contributed by atoms with van der Waals surface area (Å²) in [7, 11) is 0. The maximum atomic E-state index is 12.0. The number of carbonyl (C=O) groups is 1. The first-order chi connectivity index (χ1) is 7.95. The van der Waals surface area contributed by atoms with Crippen LogP contribution >= 0.6 is 31.9 Å². The Morgan fingerprint density at radius 1 is 1.41 bits per heavy atom. The normalized spacial score (nSPS) is 14.2. The number of aliphatic hydroxyl groups is 1. The van der Waals surface area contributed by atoms with E-state index in [9.17, 15) is 4.79 Å². The number of nitrogens with one attached hydrogen (secondary N) is 1. The molecule has 0 heterocycles. The summed E-state index contributed by atoms with van der Waals surface area (Å²) in [6.07, 6.45) is 0. The van der Waals surface area contributed by atoms with E-state index in [4.69, 9.17) is 5.11 Å². The van der Waals surface area contributed by atoms with Crippen molar-refractivity contribution in [3.05, 3.63) is 32.7 Å². The SMILES string of the molecule is CC(CO)C(C)NC(=O)c1cc(Br)ccc1Br. The molecule has 1 rings (SSSR count). The van der Waals surface area contributed by atoms with Crippen LogP contribution in [0.25, 0.3) is 0 Å². The highest BCUT2D eigenvalue weighted by Gasteiger charge is 2.16. The lowest BCUT2D eigenvalue weighted by Crippen LogP contribution is -2.38. The fraction of sp³-hybridized carbons (Fsp3) is 0.417. The molecule has 0 saturated heterocycles. The summed E-state index contributed by atoms with van der Waals surface area (Å²) in [5.41, 5.74) is 0.580. The van der Waals surface area contributed by atoms with E-state index in [1.54, 1.807) is 6.07 Å². The van der Waals surface area contributed by atoms with Crippen LogP contribution < -0.4 is 5.32 Å². The molecule has 2 atom stereocenters. The van der Waals surface area contributed by atoms with Crippen molar-refractivity contribution in [2.75, 3.05) is 6.61 Å². The Labute approximate surface area is 118 Å². The summed E-state index contributed by atoms with van der Waals surface area (Å²) in [5.74, 6) is -0.115. The molecule has 0 saturated carbocycles. The molecule has 17 heavy (non-hydrogen) atoms. The number of hydrogen-bond acceptors (Lipinski definition) is 2. The van der Waals surface area contributed by atoms with E-state index in [-0.39, 0.29) is 24.5 Å². The van der Waals surface area contributed by atoms with Crippen LogP contribution in [0.5, 0.6) is 0 Å². The Morgan fingerprint density at radius 2 is 2.06 bits per heavy atom. The van der Waals surface area contributed by atoms with Gasteiger partial charge in [-0.3, -0.25) is 4.79 Å². The molecule has 0 aliphatic carbocycles. The predicted molar refractivity (Wildman–Crippen MR) is 75.0 cm³/mol. The second kappa shape index (κ2) is 6.52. The summed E-state index contributed by atoms with van der Waals surface area (Å²) in [6, 6.07) is 5.37. The molecule has 5 heteroatoms. The average Bonchev–Trinajstić information content (AvgIpc) is 2.30. The standard InChI is InChI=1S/C12H15Br2NO2/c1-7(6-16)8(2)15-12(17)10-5-9(13)3-4-11(10)14/h3-5,7-8,16H,6H2,1-2H3,(H,15,17). The van der Waals surface area contributed by atoms with Crippen molar-refractivity contribution in [2.45, 2.75) is 19.9 Å². The van der Waals surface area contributed by atoms with Gasteiger partial charge in [-0.25, -0.2) is 0 Å². The van der Waals surface area contributed by atoms with Gasteiger partial charge in [-0.05, 0) is 47.0 Å². The van der Waals surface area contributed by atoms with Crippen LogP contribution in [0.2, 0.25) is 0 Å². The molecule has 0 fully saturated rings. The van der Waals surface area contributed by atoms with Gasteiger partial charge in [0.2, 0.25) is 0 Å². The third-order valence-electron chi connectivity index (χ3n) is 2.67. The average molecular weight is 365 g/mol. The molecule has 2 N–H and O–H groups in total. The van der Waals surface area contributed by atoms with Crippen molar-refractivity contribution in [3.63, 3.8) is 0 Å². The highest BCUT2D eigenvalue weighted by Crippen LogP contribution is 2.21. The van der Waals surface area contributed by atoms with E-state index in [1.165, 1.54) is 0 Å². The van der Waals surface area contributed by atoms with Crippen molar-refractivity contribution < 1.29 is 9.90 Å². The second-order valence-corrected chi connectivity index (χ2v) is 5.82. The van der Waals surface area contributed by atoms with Crippen LogP contribution in [0.1, 0.15) is 24.2 Å². The van der Waals surface area contributed by atoms with Gasteiger partial charge in [0.1, 0.15) is 0 Å². The zero-order valence-electron chi connectivity index (χ0n) is 9.71. The van der Waals surface area contributed by atoms with Crippen molar-refractivity contribution in [3.8, 4) is 0 Å². The summed E-state index contributed by atoms with van der Waals surface area (Å²) < 4.78 is 1.61. The van der Waals surface area contributed by atoms with Gasteiger partial charge in [0.15, 0.2) is 0 Å². The molecule has 0 spiro atoms. The molecule has 3 nitrogen and oxygen atoms in total. The van der Waals surface area contributed by atoms with Crippen LogP contribution in [-0.4, -0.2) is 23.7 Å². The fourth-order valence-corrected chi connectivity index (χ4v) is 2.04. The summed E-state index contributed by atoms with van der Waals surface area (Å²) in [5, 5.41) is 11.9. The molecule has 1 aromatic carbocycles. The molecule has 0 aliphatic rings. The maximum absolute atomic E-state index is 12.0. The zero-order chi connectivity index (χ0) is 13.0. The minimum Gasteiger partial charge on any atom is -0.396 e. The second-order valence-electron chi connectivity index (χ2n) is 4.05. The molecule has 1 amide bonds. The van der Waals surface area contributed by atoms with Crippen molar-refractivity contribution in [1.82, 2.24) is 5.32 Å². The molecule has 0 radical (unpaired) electrons. The first-order valence-corrected chi connectivity index (χ1v) is 6.91. The third-order valence-corrected chi connectivity index (χ3v) is 3.86. The predicted octanol–water partition coefficient (Wildman–Crippen LogP) is 2.96. The number of amides is 1. The highest BCUT2D eigenvalue weighted by molar-refractivity contribution is 9.11. The molecular weight excluding hydrogens is 350 g/mol. The summed E-state index contributed by atoms with van der Waals surface area (Å²) >= 11 is 6.68. The summed E-state index contributed by atoms with van der Waals surface area (Å²) in [4.78, 5) is 12.0. The van der Waals surface area contributed by atoms with E-state index < -0.39 is 0 Å². The lowest BCUT2D eigenvalue weighted by Gasteiger charge is -2.19. The Hall–Kier alpha value is -0.390. The van der Waals surface area contributed by atoms with Gasteiger partial charge in [-0.1, -0.05) is 22.9 Å². The van der Waals surface area contributed by atoms with Crippen molar-refractivity contribution in [2.24, 2.45) is 5.92 Å². The maximum Gasteiger partial charge on any atom is 0.252 e. The van der Waals surface area contributed by atoms with Gasteiger partial charge < -0.3 is 10.4 Å². The lowest BCUT2D eigenvalue weighted by atomic mass is 10.0. The van der Waals surface area contributed by atoms with Crippen molar-refractivity contribution in [1.29, 1.82) is 0 Å². The molecule has 0 aliphatic heterocycles. The monoisotopic (exact) mass is 363 g/mol. The van der Waals surface area contributed by atoms with Crippen LogP contribution in [0, 0.1) is 5.92 Å². The molecule has 0 aromatic heterocycles. The number of carbonyl (C=O) groups excluding carboxylic acids is 1. The van der Waals surface area contributed by atoms with E-state index in [0.29, 0.717) is 5.56 Å².